The Morgan fingerprint density at radius 3 is 2.35 bits per heavy atom. The molecule has 1 unspecified atom stereocenters. The molecular formula is C23H27N3O5. The first-order valence-electron chi connectivity index (χ1n) is 10.1. The zero-order valence-corrected chi connectivity index (χ0v) is 18.0. The second kappa shape index (κ2) is 9.97. The average molecular weight is 425 g/mol. The molecule has 8 nitrogen and oxygen atoms in total. The summed E-state index contributed by atoms with van der Waals surface area (Å²) >= 11 is 0. The summed E-state index contributed by atoms with van der Waals surface area (Å²) in [6.07, 6.45) is 0.459. The lowest BCUT2D eigenvalue weighted by atomic mass is 10.2. The fourth-order valence-electron chi connectivity index (χ4n) is 3.16. The van der Waals surface area contributed by atoms with Gasteiger partial charge in [0.25, 0.3) is 5.91 Å². The molecule has 1 N–H and O–H groups in total. The zero-order valence-electron chi connectivity index (χ0n) is 18.0. The number of ether oxygens (including phenoxy) is 2. The molecule has 0 aromatic heterocycles. The first-order valence-corrected chi connectivity index (χ1v) is 10.1. The molecule has 3 rings (SSSR count). The van der Waals surface area contributed by atoms with Crippen molar-refractivity contribution < 1.29 is 23.9 Å². The van der Waals surface area contributed by atoms with Crippen molar-refractivity contribution in [2.75, 3.05) is 42.4 Å². The molecule has 1 aliphatic rings. The van der Waals surface area contributed by atoms with Crippen molar-refractivity contribution in [1.29, 1.82) is 0 Å². The largest absolute Gasteiger partial charge is 0.482 e. The number of benzene rings is 2. The molecule has 2 amide bonds. The minimum atomic E-state index is -0.965. The molecule has 1 atom stereocenters. The Labute approximate surface area is 181 Å². The number of rotatable bonds is 8. The highest BCUT2D eigenvalue weighted by molar-refractivity contribution is 5.96. The molecule has 31 heavy (non-hydrogen) atoms. The van der Waals surface area contributed by atoms with Crippen LogP contribution in [-0.4, -0.2) is 51.1 Å². The Bertz CT molecular complexity index is 925. The number of amides is 2. The highest BCUT2D eigenvalue weighted by atomic mass is 16.6. The normalized spacial score (nSPS) is 14.2. The molecule has 2 aromatic rings. The number of nitrogens with zero attached hydrogens (tertiary/aromatic N) is 2. The van der Waals surface area contributed by atoms with Crippen LogP contribution in [0.25, 0.3) is 0 Å². The van der Waals surface area contributed by atoms with E-state index in [9.17, 15) is 14.4 Å². The quantitative estimate of drug-likeness (QED) is 0.655. The van der Waals surface area contributed by atoms with Gasteiger partial charge in [0, 0.05) is 44.1 Å². The summed E-state index contributed by atoms with van der Waals surface area (Å²) in [6.45, 7) is 1.89. The zero-order chi connectivity index (χ0) is 22.4. The van der Waals surface area contributed by atoms with Gasteiger partial charge in [0.05, 0.1) is 0 Å². The second-order valence-corrected chi connectivity index (χ2v) is 7.49. The number of esters is 1. The van der Waals surface area contributed by atoms with E-state index in [-0.39, 0.29) is 12.5 Å². The molecule has 164 valence electrons. The van der Waals surface area contributed by atoms with Crippen molar-refractivity contribution in [2.24, 2.45) is 0 Å². The smallest absolute Gasteiger partial charge is 0.344 e. The lowest BCUT2D eigenvalue weighted by Crippen LogP contribution is -2.31. The van der Waals surface area contributed by atoms with Crippen molar-refractivity contribution in [3.05, 3.63) is 48.5 Å². The number of nitrogens with one attached hydrogen (secondary N) is 1. The maximum atomic E-state index is 12.3. The number of hydrogen-bond acceptors (Lipinski definition) is 6. The maximum absolute atomic E-state index is 12.3. The van der Waals surface area contributed by atoms with Crippen molar-refractivity contribution in [2.45, 2.75) is 25.9 Å². The van der Waals surface area contributed by atoms with Gasteiger partial charge in [-0.05, 0) is 61.9 Å². The third-order valence-electron chi connectivity index (χ3n) is 4.91. The van der Waals surface area contributed by atoms with E-state index in [1.807, 2.05) is 31.1 Å². The summed E-state index contributed by atoms with van der Waals surface area (Å²) in [7, 11) is 3.86. The third kappa shape index (κ3) is 5.97. The average Bonchev–Trinajstić information content (AvgIpc) is 3.18. The van der Waals surface area contributed by atoms with E-state index in [0.717, 1.165) is 17.8 Å². The standard InChI is InChI=1S/C23H27N3O5/c1-16(23(29)24-17-6-8-18(9-7-17)25(2)3)31-22(28)15-30-20-12-10-19(11-13-20)26-14-4-5-21(26)27/h6-13,16H,4-5,14-15H2,1-3H3,(H,24,29). The summed E-state index contributed by atoms with van der Waals surface area (Å²) in [5.41, 5.74) is 2.43. The lowest BCUT2D eigenvalue weighted by Gasteiger charge is -2.16. The van der Waals surface area contributed by atoms with Gasteiger partial charge in [-0.1, -0.05) is 0 Å². The SMILES string of the molecule is CC(OC(=O)COc1ccc(N2CCCC2=O)cc1)C(=O)Nc1ccc(N(C)C)cc1. The van der Waals surface area contributed by atoms with Crippen LogP contribution in [0.3, 0.4) is 0 Å². The lowest BCUT2D eigenvalue weighted by molar-refractivity contribution is -0.155. The molecule has 0 spiro atoms. The van der Waals surface area contributed by atoms with Gasteiger partial charge in [0.2, 0.25) is 5.91 Å². The summed E-state index contributed by atoms with van der Waals surface area (Å²) in [5.74, 6) is -0.487. The van der Waals surface area contributed by atoms with Crippen molar-refractivity contribution in [3.63, 3.8) is 0 Å². The van der Waals surface area contributed by atoms with Gasteiger partial charge in [-0.3, -0.25) is 9.59 Å². The van der Waals surface area contributed by atoms with Gasteiger partial charge < -0.3 is 24.6 Å². The second-order valence-electron chi connectivity index (χ2n) is 7.49. The van der Waals surface area contributed by atoms with E-state index < -0.39 is 18.0 Å². The Kier molecular flexibility index (Phi) is 7.12. The first kappa shape index (κ1) is 22.1. The van der Waals surface area contributed by atoms with Crippen LogP contribution in [0.15, 0.2) is 48.5 Å². The molecule has 1 fully saturated rings. The van der Waals surface area contributed by atoms with Crippen molar-refractivity contribution >= 4 is 34.8 Å². The van der Waals surface area contributed by atoms with Crippen LogP contribution < -0.4 is 19.9 Å². The minimum absolute atomic E-state index is 0.109. The van der Waals surface area contributed by atoms with Crippen LogP contribution in [0, 0.1) is 0 Å². The van der Waals surface area contributed by atoms with E-state index >= 15 is 0 Å². The predicted octanol–water partition coefficient (Wildman–Crippen LogP) is 2.83. The van der Waals surface area contributed by atoms with Crippen LogP contribution in [-0.2, 0) is 19.1 Å². The maximum Gasteiger partial charge on any atom is 0.344 e. The molecule has 1 heterocycles. The molecule has 0 radical (unpaired) electrons. The van der Waals surface area contributed by atoms with E-state index in [2.05, 4.69) is 5.32 Å². The van der Waals surface area contributed by atoms with Gasteiger partial charge in [-0.2, -0.15) is 0 Å². The third-order valence-corrected chi connectivity index (χ3v) is 4.91. The predicted molar refractivity (Wildman–Crippen MR) is 118 cm³/mol. The summed E-state index contributed by atoms with van der Waals surface area (Å²) in [4.78, 5) is 39.8. The molecule has 1 saturated heterocycles. The number of hydrogen-bond donors (Lipinski definition) is 1. The van der Waals surface area contributed by atoms with Crippen LogP contribution in [0.2, 0.25) is 0 Å². The van der Waals surface area contributed by atoms with Crippen LogP contribution in [0.1, 0.15) is 19.8 Å². The molecule has 0 aliphatic carbocycles. The van der Waals surface area contributed by atoms with Crippen molar-refractivity contribution in [1.82, 2.24) is 0 Å². The Hall–Kier alpha value is -3.55. The van der Waals surface area contributed by atoms with E-state index in [1.165, 1.54) is 6.92 Å². The molecule has 0 saturated carbocycles. The fourth-order valence-corrected chi connectivity index (χ4v) is 3.16. The minimum Gasteiger partial charge on any atom is -0.482 e. The van der Waals surface area contributed by atoms with Crippen LogP contribution >= 0.6 is 0 Å². The van der Waals surface area contributed by atoms with Gasteiger partial charge >= 0.3 is 5.97 Å². The highest BCUT2D eigenvalue weighted by Gasteiger charge is 2.22. The highest BCUT2D eigenvalue weighted by Crippen LogP contribution is 2.24. The van der Waals surface area contributed by atoms with Crippen LogP contribution in [0.4, 0.5) is 17.1 Å². The molecule has 0 bridgehead atoms. The Morgan fingerprint density at radius 2 is 1.77 bits per heavy atom. The summed E-state index contributed by atoms with van der Waals surface area (Å²) in [6, 6.07) is 14.3. The first-order chi connectivity index (χ1) is 14.8. The van der Waals surface area contributed by atoms with E-state index in [0.29, 0.717) is 24.4 Å². The monoisotopic (exact) mass is 425 g/mol. The van der Waals surface area contributed by atoms with Gasteiger partial charge in [-0.15, -0.1) is 0 Å². The van der Waals surface area contributed by atoms with Gasteiger partial charge in [0.15, 0.2) is 12.7 Å². The fraction of sp³-hybridized carbons (Fsp3) is 0.348. The van der Waals surface area contributed by atoms with E-state index in [1.54, 1.807) is 41.3 Å². The summed E-state index contributed by atoms with van der Waals surface area (Å²) < 4.78 is 10.6. The Morgan fingerprint density at radius 1 is 1.10 bits per heavy atom. The topological polar surface area (TPSA) is 88.2 Å². The Balaban J connectivity index is 1.44. The van der Waals surface area contributed by atoms with Gasteiger partial charge in [-0.25, -0.2) is 4.79 Å². The summed E-state index contributed by atoms with van der Waals surface area (Å²) in [5, 5.41) is 2.72. The number of carbonyl (C=O) groups excluding carboxylic acids is 3. The van der Waals surface area contributed by atoms with E-state index in [4.69, 9.17) is 9.47 Å². The van der Waals surface area contributed by atoms with Crippen LogP contribution in [0.5, 0.6) is 5.75 Å². The molecule has 1 aliphatic heterocycles. The molecule has 8 heteroatoms. The van der Waals surface area contributed by atoms with Gasteiger partial charge in [0.1, 0.15) is 5.75 Å². The molecular weight excluding hydrogens is 398 g/mol. The van der Waals surface area contributed by atoms with Crippen molar-refractivity contribution in [3.8, 4) is 5.75 Å². The number of anilines is 3. The number of carbonyl (C=O) groups is 3. The molecule has 2 aromatic carbocycles.